The molecule has 0 heterocycles. The third-order valence-electron chi connectivity index (χ3n) is 4.20. The standard InChI is InChI=1S/C21H19NO3/c1-15-9-8-14-18(19(15)23)22-20(24)21(25,16-10-4-2-5-11-16)17-12-6-3-7-13-17/h2-14,23,25H,1H3,(H,22,24). The van der Waals surface area contributed by atoms with E-state index in [2.05, 4.69) is 5.32 Å². The van der Waals surface area contributed by atoms with Gasteiger partial charge in [0.15, 0.2) is 5.60 Å². The molecule has 1 amide bonds. The van der Waals surface area contributed by atoms with Gasteiger partial charge in [0.05, 0.1) is 5.69 Å². The fraction of sp³-hybridized carbons (Fsp3) is 0.0952. The van der Waals surface area contributed by atoms with E-state index in [1.807, 2.05) is 12.1 Å². The average molecular weight is 333 g/mol. The first kappa shape index (κ1) is 16.7. The summed E-state index contributed by atoms with van der Waals surface area (Å²) in [5.41, 5.74) is -0.0775. The van der Waals surface area contributed by atoms with Crippen LogP contribution >= 0.6 is 0 Å². The molecule has 4 heteroatoms. The molecule has 0 bridgehead atoms. The van der Waals surface area contributed by atoms with Crippen LogP contribution in [-0.4, -0.2) is 16.1 Å². The first-order valence-corrected chi connectivity index (χ1v) is 7.97. The fourth-order valence-corrected chi connectivity index (χ4v) is 2.76. The van der Waals surface area contributed by atoms with Crippen molar-refractivity contribution >= 4 is 11.6 Å². The van der Waals surface area contributed by atoms with Gasteiger partial charge >= 0.3 is 0 Å². The third-order valence-corrected chi connectivity index (χ3v) is 4.20. The lowest BCUT2D eigenvalue weighted by Crippen LogP contribution is -2.41. The molecule has 0 spiro atoms. The molecule has 3 aromatic rings. The Morgan fingerprint density at radius 2 is 1.36 bits per heavy atom. The number of phenolic OH excluding ortho intramolecular Hbond substituents is 1. The lowest BCUT2D eigenvalue weighted by atomic mass is 9.85. The van der Waals surface area contributed by atoms with Crippen LogP contribution in [0.2, 0.25) is 0 Å². The Labute approximate surface area is 146 Å². The summed E-state index contributed by atoms with van der Waals surface area (Å²) in [5, 5.41) is 24.2. The molecule has 0 atom stereocenters. The molecule has 25 heavy (non-hydrogen) atoms. The third kappa shape index (κ3) is 3.12. The van der Waals surface area contributed by atoms with E-state index in [0.717, 1.165) is 0 Å². The van der Waals surface area contributed by atoms with Crippen LogP contribution in [0.25, 0.3) is 0 Å². The van der Waals surface area contributed by atoms with Crippen molar-refractivity contribution in [3.05, 3.63) is 95.6 Å². The second-order valence-electron chi connectivity index (χ2n) is 5.87. The largest absolute Gasteiger partial charge is 0.505 e. The molecule has 3 aromatic carbocycles. The molecule has 0 radical (unpaired) electrons. The molecular weight excluding hydrogens is 314 g/mol. The summed E-state index contributed by atoms with van der Waals surface area (Å²) in [7, 11) is 0. The number of rotatable bonds is 4. The number of amides is 1. The van der Waals surface area contributed by atoms with Crippen molar-refractivity contribution in [2.24, 2.45) is 0 Å². The predicted molar refractivity (Wildman–Crippen MR) is 97.4 cm³/mol. The molecule has 0 saturated carbocycles. The van der Waals surface area contributed by atoms with Gasteiger partial charge in [0.1, 0.15) is 5.75 Å². The number of carbonyl (C=O) groups is 1. The second kappa shape index (κ2) is 6.79. The molecule has 3 N–H and O–H groups in total. The molecule has 0 aliphatic rings. The fourth-order valence-electron chi connectivity index (χ4n) is 2.76. The molecule has 0 fully saturated rings. The monoisotopic (exact) mass is 333 g/mol. The van der Waals surface area contributed by atoms with E-state index in [4.69, 9.17) is 0 Å². The number of nitrogens with one attached hydrogen (secondary N) is 1. The van der Waals surface area contributed by atoms with Crippen molar-refractivity contribution in [1.82, 2.24) is 0 Å². The number of aryl methyl sites for hydroxylation is 1. The van der Waals surface area contributed by atoms with Crippen LogP contribution < -0.4 is 5.32 Å². The first-order valence-electron chi connectivity index (χ1n) is 7.97. The summed E-state index contributed by atoms with van der Waals surface area (Å²) in [4.78, 5) is 13.0. The normalized spacial score (nSPS) is 11.1. The van der Waals surface area contributed by atoms with Crippen molar-refractivity contribution in [2.45, 2.75) is 12.5 Å². The Morgan fingerprint density at radius 1 is 0.840 bits per heavy atom. The molecule has 3 rings (SSSR count). The van der Waals surface area contributed by atoms with Gasteiger partial charge in [0.2, 0.25) is 0 Å². The van der Waals surface area contributed by atoms with E-state index < -0.39 is 11.5 Å². The molecule has 0 unspecified atom stereocenters. The van der Waals surface area contributed by atoms with E-state index in [0.29, 0.717) is 16.7 Å². The van der Waals surface area contributed by atoms with Gasteiger partial charge in [0.25, 0.3) is 5.91 Å². The number of anilines is 1. The Hall–Kier alpha value is -3.11. The summed E-state index contributed by atoms with van der Waals surface area (Å²) in [5.74, 6) is -0.648. The topological polar surface area (TPSA) is 69.6 Å². The maximum Gasteiger partial charge on any atom is 0.265 e. The van der Waals surface area contributed by atoms with E-state index in [9.17, 15) is 15.0 Å². The molecule has 0 aliphatic heterocycles. The number of hydrogen-bond donors (Lipinski definition) is 3. The van der Waals surface area contributed by atoms with Crippen molar-refractivity contribution in [1.29, 1.82) is 0 Å². The van der Waals surface area contributed by atoms with E-state index in [-0.39, 0.29) is 11.4 Å². The molecule has 0 saturated heterocycles. The van der Waals surface area contributed by atoms with E-state index in [1.54, 1.807) is 73.7 Å². The minimum Gasteiger partial charge on any atom is -0.505 e. The van der Waals surface area contributed by atoms with Crippen LogP contribution in [0.4, 0.5) is 5.69 Å². The van der Waals surface area contributed by atoms with Crippen LogP contribution in [0.1, 0.15) is 16.7 Å². The van der Waals surface area contributed by atoms with E-state index in [1.165, 1.54) is 0 Å². The van der Waals surface area contributed by atoms with Gasteiger partial charge in [-0.05, 0) is 29.7 Å². The number of hydrogen-bond acceptors (Lipinski definition) is 3. The van der Waals surface area contributed by atoms with Gasteiger partial charge in [-0.15, -0.1) is 0 Å². The van der Waals surface area contributed by atoms with E-state index >= 15 is 0 Å². The number of aromatic hydroxyl groups is 1. The van der Waals surface area contributed by atoms with Crippen LogP contribution in [0, 0.1) is 6.92 Å². The summed E-state index contributed by atoms with van der Waals surface area (Å²) < 4.78 is 0. The molecular formula is C21H19NO3. The smallest absolute Gasteiger partial charge is 0.265 e. The Balaban J connectivity index is 2.06. The number of carbonyl (C=O) groups excluding carboxylic acids is 1. The minimum absolute atomic E-state index is 0.0145. The Kier molecular flexibility index (Phi) is 4.55. The number of benzene rings is 3. The van der Waals surface area contributed by atoms with Crippen molar-refractivity contribution < 1.29 is 15.0 Å². The van der Waals surface area contributed by atoms with Crippen LogP contribution in [0.5, 0.6) is 5.75 Å². The van der Waals surface area contributed by atoms with Crippen LogP contribution in [0.15, 0.2) is 78.9 Å². The summed E-state index contributed by atoms with van der Waals surface area (Å²) in [6.07, 6.45) is 0. The van der Waals surface area contributed by atoms with Gasteiger partial charge in [-0.25, -0.2) is 0 Å². The molecule has 0 aliphatic carbocycles. The highest BCUT2D eigenvalue weighted by atomic mass is 16.3. The van der Waals surface area contributed by atoms with Crippen molar-refractivity contribution in [3.8, 4) is 5.75 Å². The van der Waals surface area contributed by atoms with Gasteiger partial charge in [-0.2, -0.15) is 0 Å². The van der Waals surface area contributed by atoms with Gasteiger partial charge in [-0.1, -0.05) is 72.8 Å². The maximum atomic E-state index is 13.0. The molecule has 126 valence electrons. The number of aliphatic hydroxyl groups is 1. The highest BCUT2D eigenvalue weighted by Gasteiger charge is 2.40. The van der Waals surface area contributed by atoms with Crippen molar-refractivity contribution in [3.63, 3.8) is 0 Å². The molecule has 0 aromatic heterocycles. The highest BCUT2D eigenvalue weighted by Crippen LogP contribution is 2.33. The maximum absolute atomic E-state index is 13.0. The first-order chi connectivity index (χ1) is 12.0. The Bertz CT molecular complexity index is 837. The minimum atomic E-state index is -1.88. The summed E-state index contributed by atoms with van der Waals surface area (Å²) in [6, 6.07) is 22.6. The summed E-state index contributed by atoms with van der Waals surface area (Å²) in [6.45, 7) is 1.74. The SMILES string of the molecule is Cc1cccc(NC(=O)C(O)(c2ccccc2)c2ccccc2)c1O. The Morgan fingerprint density at radius 3 is 1.88 bits per heavy atom. The predicted octanol–water partition coefficient (Wildman–Crippen LogP) is 3.58. The van der Waals surface area contributed by atoms with Gasteiger partial charge < -0.3 is 15.5 Å². The lowest BCUT2D eigenvalue weighted by molar-refractivity contribution is -0.131. The van der Waals surface area contributed by atoms with Gasteiger partial charge in [0, 0.05) is 0 Å². The van der Waals surface area contributed by atoms with Gasteiger partial charge in [-0.3, -0.25) is 4.79 Å². The number of para-hydroxylation sites is 1. The summed E-state index contributed by atoms with van der Waals surface area (Å²) >= 11 is 0. The zero-order chi connectivity index (χ0) is 17.9. The highest BCUT2D eigenvalue weighted by molar-refractivity contribution is 6.01. The lowest BCUT2D eigenvalue weighted by Gasteiger charge is -2.28. The van der Waals surface area contributed by atoms with Crippen molar-refractivity contribution in [2.75, 3.05) is 5.32 Å². The quantitative estimate of drug-likeness (QED) is 0.639. The van der Waals surface area contributed by atoms with Crippen LogP contribution in [-0.2, 0) is 10.4 Å². The second-order valence-corrected chi connectivity index (χ2v) is 5.87. The van der Waals surface area contributed by atoms with Crippen LogP contribution in [0.3, 0.4) is 0 Å². The zero-order valence-corrected chi connectivity index (χ0v) is 13.8. The zero-order valence-electron chi connectivity index (χ0n) is 13.8. The molecule has 4 nitrogen and oxygen atoms in total. The number of phenols is 1. The average Bonchev–Trinajstić information content (AvgIpc) is 2.66.